The molecule has 2 N–H and O–H groups in total. The van der Waals surface area contributed by atoms with Crippen molar-refractivity contribution in [3.05, 3.63) is 59.5 Å². The Morgan fingerprint density at radius 1 is 1.28 bits per heavy atom. The average molecular weight is 395 g/mol. The second-order valence-corrected chi connectivity index (χ2v) is 5.95. The van der Waals surface area contributed by atoms with Gasteiger partial charge in [-0.1, -0.05) is 0 Å². The molecule has 2 heterocycles. The standard InChI is InChI=1S/C20H21N5O4/c1-4-28-19(26)15-7-8-22-18(10-15)29-16-6-5-14(9-17(16)27-3)11-23-25-12-13(2)24-20(25)21/h5-12H,4H2,1-3H3,(H2,21,24). The number of methoxy groups -OCH3 is 1. The van der Waals surface area contributed by atoms with Crippen molar-refractivity contribution in [1.82, 2.24) is 14.6 Å². The third-order valence-corrected chi connectivity index (χ3v) is 3.81. The minimum atomic E-state index is -0.438. The lowest BCUT2D eigenvalue weighted by Crippen LogP contribution is -2.05. The van der Waals surface area contributed by atoms with Gasteiger partial charge in [-0.05, 0) is 43.7 Å². The summed E-state index contributed by atoms with van der Waals surface area (Å²) in [4.78, 5) is 20.1. The zero-order valence-electron chi connectivity index (χ0n) is 16.3. The first-order valence-electron chi connectivity index (χ1n) is 8.85. The van der Waals surface area contributed by atoms with E-state index in [0.717, 1.165) is 11.3 Å². The Kier molecular flexibility index (Phi) is 6.08. The van der Waals surface area contributed by atoms with Gasteiger partial charge in [0.05, 0.1) is 37.4 Å². The van der Waals surface area contributed by atoms with Crippen molar-refractivity contribution in [2.24, 2.45) is 5.10 Å². The van der Waals surface area contributed by atoms with Gasteiger partial charge in [-0.3, -0.25) is 0 Å². The zero-order chi connectivity index (χ0) is 20.8. The minimum Gasteiger partial charge on any atom is -0.493 e. The monoisotopic (exact) mass is 395 g/mol. The van der Waals surface area contributed by atoms with E-state index in [2.05, 4.69) is 15.1 Å². The molecule has 0 saturated heterocycles. The topological polar surface area (TPSA) is 114 Å². The number of esters is 1. The Morgan fingerprint density at radius 2 is 2.10 bits per heavy atom. The van der Waals surface area contributed by atoms with Gasteiger partial charge >= 0.3 is 5.97 Å². The SMILES string of the molecule is CCOC(=O)c1ccnc(Oc2ccc(C=Nn3cc(C)nc3N)cc2OC)c1. The first kappa shape index (κ1) is 19.9. The number of nitrogens with two attached hydrogens (primary N) is 1. The Hall–Kier alpha value is -3.88. The van der Waals surface area contributed by atoms with Crippen molar-refractivity contribution in [1.29, 1.82) is 0 Å². The molecule has 0 aliphatic carbocycles. The smallest absolute Gasteiger partial charge is 0.338 e. The van der Waals surface area contributed by atoms with Crippen molar-refractivity contribution < 1.29 is 19.0 Å². The van der Waals surface area contributed by atoms with Crippen LogP contribution in [0.5, 0.6) is 17.4 Å². The normalized spacial score (nSPS) is 10.9. The number of anilines is 1. The van der Waals surface area contributed by atoms with E-state index in [0.29, 0.717) is 29.6 Å². The molecule has 0 saturated carbocycles. The number of hydrogen-bond donors (Lipinski definition) is 1. The molecule has 0 spiro atoms. The van der Waals surface area contributed by atoms with Crippen LogP contribution in [0, 0.1) is 6.92 Å². The summed E-state index contributed by atoms with van der Waals surface area (Å²) in [5.41, 5.74) is 7.68. The van der Waals surface area contributed by atoms with Crippen molar-refractivity contribution in [2.45, 2.75) is 13.8 Å². The van der Waals surface area contributed by atoms with E-state index in [4.69, 9.17) is 19.9 Å². The maximum absolute atomic E-state index is 11.9. The average Bonchev–Trinajstić information content (AvgIpc) is 3.04. The Morgan fingerprint density at radius 3 is 2.79 bits per heavy atom. The van der Waals surface area contributed by atoms with Crippen LogP contribution in [0.1, 0.15) is 28.5 Å². The van der Waals surface area contributed by atoms with Gasteiger partial charge in [0.1, 0.15) is 0 Å². The highest BCUT2D eigenvalue weighted by atomic mass is 16.5. The molecule has 1 aromatic carbocycles. The van der Waals surface area contributed by atoms with Crippen molar-refractivity contribution in [2.75, 3.05) is 19.5 Å². The van der Waals surface area contributed by atoms with Crippen LogP contribution < -0.4 is 15.2 Å². The third-order valence-electron chi connectivity index (χ3n) is 3.81. The van der Waals surface area contributed by atoms with Crippen LogP contribution in [0.3, 0.4) is 0 Å². The second kappa shape index (κ2) is 8.87. The predicted molar refractivity (Wildman–Crippen MR) is 108 cm³/mol. The van der Waals surface area contributed by atoms with Gasteiger partial charge < -0.3 is 19.9 Å². The summed E-state index contributed by atoms with van der Waals surface area (Å²) in [5, 5.41) is 4.28. The number of hydrogen-bond acceptors (Lipinski definition) is 8. The van der Waals surface area contributed by atoms with Crippen LogP contribution >= 0.6 is 0 Å². The molecule has 9 heteroatoms. The largest absolute Gasteiger partial charge is 0.493 e. The van der Waals surface area contributed by atoms with Gasteiger partial charge in [0.25, 0.3) is 0 Å². The molecule has 150 valence electrons. The first-order chi connectivity index (χ1) is 14.0. The van der Waals surface area contributed by atoms with E-state index in [9.17, 15) is 4.79 Å². The third kappa shape index (κ3) is 4.89. The number of nitrogen functional groups attached to an aromatic ring is 1. The summed E-state index contributed by atoms with van der Waals surface area (Å²) in [6.07, 6.45) is 4.83. The van der Waals surface area contributed by atoms with Crippen molar-refractivity contribution in [3.63, 3.8) is 0 Å². The molecule has 0 fully saturated rings. The Balaban J connectivity index is 1.80. The fourth-order valence-electron chi connectivity index (χ4n) is 2.49. The Labute approximate surface area is 167 Å². The van der Waals surface area contributed by atoms with E-state index in [1.807, 2.05) is 6.92 Å². The number of carbonyl (C=O) groups excluding carboxylic acids is 1. The second-order valence-electron chi connectivity index (χ2n) is 5.95. The lowest BCUT2D eigenvalue weighted by Gasteiger charge is -2.11. The number of aryl methyl sites for hydroxylation is 1. The lowest BCUT2D eigenvalue weighted by molar-refractivity contribution is 0.0526. The number of pyridine rings is 1. The van der Waals surface area contributed by atoms with Crippen molar-refractivity contribution >= 4 is 18.1 Å². The summed E-state index contributed by atoms with van der Waals surface area (Å²) in [6, 6.07) is 8.36. The highest BCUT2D eigenvalue weighted by Crippen LogP contribution is 2.31. The molecule has 29 heavy (non-hydrogen) atoms. The Bertz CT molecular complexity index is 1050. The van der Waals surface area contributed by atoms with Gasteiger partial charge in [0.2, 0.25) is 11.8 Å². The molecule has 2 aromatic heterocycles. The van der Waals surface area contributed by atoms with Gasteiger partial charge in [-0.2, -0.15) is 5.10 Å². The molecule has 0 bridgehead atoms. The summed E-state index contributed by atoms with van der Waals surface area (Å²) >= 11 is 0. The number of carbonyl (C=O) groups is 1. The quantitative estimate of drug-likeness (QED) is 0.483. The summed E-state index contributed by atoms with van der Waals surface area (Å²) < 4.78 is 17.7. The van der Waals surface area contributed by atoms with Gasteiger partial charge in [-0.15, -0.1) is 0 Å². The maximum Gasteiger partial charge on any atom is 0.338 e. The zero-order valence-corrected chi connectivity index (χ0v) is 16.3. The molecular weight excluding hydrogens is 374 g/mol. The molecule has 3 rings (SSSR count). The number of imidazole rings is 1. The summed E-state index contributed by atoms with van der Waals surface area (Å²) in [5.74, 6) is 1.03. The minimum absolute atomic E-state index is 0.247. The van der Waals surface area contributed by atoms with Gasteiger partial charge in [0.15, 0.2) is 11.5 Å². The van der Waals surface area contributed by atoms with Crippen LogP contribution in [0.15, 0.2) is 47.8 Å². The fraction of sp³-hybridized carbons (Fsp3) is 0.200. The molecule has 0 aliphatic heterocycles. The van der Waals surface area contributed by atoms with Crippen LogP contribution in [0.4, 0.5) is 5.95 Å². The predicted octanol–water partition coefficient (Wildman–Crippen LogP) is 3.03. The van der Waals surface area contributed by atoms with Crippen LogP contribution in [0.25, 0.3) is 0 Å². The molecule has 0 atom stereocenters. The van der Waals surface area contributed by atoms with Crippen LogP contribution in [0.2, 0.25) is 0 Å². The molecule has 0 amide bonds. The van der Waals surface area contributed by atoms with Gasteiger partial charge in [0, 0.05) is 12.3 Å². The lowest BCUT2D eigenvalue weighted by atomic mass is 10.2. The van der Waals surface area contributed by atoms with E-state index in [-0.39, 0.29) is 5.88 Å². The first-order valence-corrected chi connectivity index (χ1v) is 8.85. The van der Waals surface area contributed by atoms with E-state index >= 15 is 0 Å². The fourth-order valence-corrected chi connectivity index (χ4v) is 2.49. The molecular formula is C20H21N5O4. The number of ether oxygens (including phenoxy) is 3. The molecule has 0 aliphatic rings. The van der Waals surface area contributed by atoms with Crippen molar-refractivity contribution in [3.8, 4) is 17.4 Å². The molecule has 0 unspecified atom stereocenters. The highest BCUT2D eigenvalue weighted by molar-refractivity contribution is 5.89. The van der Waals surface area contributed by atoms with Gasteiger partial charge in [-0.25, -0.2) is 19.4 Å². The number of benzene rings is 1. The summed E-state index contributed by atoms with van der Waals surface area (Å²) in [7, 11) is 1.53. The molecule has 3 aromatic rings. The molecule has 9 nitrogen and oxygen atoms in total. The van der Waals surface area contributed by atoms with Crippen LogP contribution in [-0.4, -0.2) is 40.5 Å². The van der Waals surface area contributed by atoms with E-state index in [1.165, 1.54) is 24.0 Å². The molecule has 0 radical (unpaired) electrons. The maximum atomic E-state index is 11.9. The highest BCUT2D eigenvalue weighted by Gasteiger charge is 2.11. The number of aromatic nitrogens is 3. The summed E-state index contributed by atoms with van der Waals surface area (Å²) in [6.45, 7) is 3.87. The van der Waals surface area contributed by atoms with Crippen LogP contribution in [-0.2, 0) is 4.74 Å². The van der Waals surface area contributed by atoms with E-state index < -0.39 is 5.97 Å². The number of nitrogens with zero attached hydrogens (tertiary/aromatic N) is 4. The number of rotatable bonds is 7. The van der Waals surface area contributed by atoms with E-state index in [1.54, 1.807) is 43.6 Å².